The van der Waals surface area contributed by atoms with E-state index in [1.54, 1.807) is 0 Å². The molecule has 0 aromatic heterocycles. The molecule has 1 saturated carbocycles. The summed E-state index contributed by atoms with van der Waals surface area (Å²) in [6.45, 7) is 1.15. The lowest BCUT2D eigenvalue weighted by atomic mass is 9.81. The number of piperidine rings is 1. The largest absolute Gasteiger partial charge is 0.196 e. The highest BCUT2D eigenvalue weighted by Crippen LogP contribution is 2.30. The van der Waals surface area contributed by atoms with Crippen molar-refractivity contribution in [1.82, 2.24) is 5.32 Å². The maximum atomic E-state index is 4.75. The smallest absolute Gasteiger partial charge is 0.0533 e. The lowest BCUT2D eigenvalue weighted by Gasteiger charge is -2.24. The van der Waals surface area contributed by atoms with Crippen molar-refractivity contribution in [2.75, 3.05) is 6.54 Å². The zero-order valence-electron chi connectivity index (χ0n) is 7.97. The fraction of sp³-hybridized carbons (Fsp3) is 1.00. The standard InChI is InChI=1S/C11H20N/c1-2-6-10(7-3-1)11-8-4-5-9-12-11/h10-11H,1-9H2/q+1. The van der Waals surface area contributed by atoms with Gasteiger partial charge in [-0.25, -0.2) is 0 Å². The Balaban J connectivity index is 1.80. The molecule has 0 aromatic carbocycles. The van der Waals surface area contributed by atoms with E-state index in [1.165, 1.54) is 51.4 Å². The summed E-state index contributed by atoms with van der Waals surface area (Å²) < 4.78 is 0. The van der Waals surface area contributed by atoms with Crippen LogP contribution < -0.4 is 5.32 Å². The van der Waals surface area contributed by atoms with Crippen molar-refractivity contribution in [2.24, 2.45) is 5.92 Å². The second-order valence-electron chi connectivity index (χ2n) is 4.37. The molecule has 0 spiro atoms. The minimum absolute atomic E-state index is 0.763. The second-order valence-corrected chi connectivity index (χ2v) is 4.37. The van der Waals surface area contributed by atoms with Crippen LogP contribution in [-0.4, -0.2) is 12.6 Å². The van der Waals surface area contributed by atoms with Gasteiger partial charge in [0, 0.05) is 18.8 Å². The van der Waals surface area contributed by atoms with Crippen LogP contribution in [0.1, 0.15) is 51.4 Å². The Morgan fingerprint density at radius 2 is 1.50 bits per heavy atom. The summed E-state index contributed by atoms with van der Waals surface area (Å²) in [5, 5.41) is 4.75. The van der Waals surface area contributed by atoms with E-state index >= 15 is 0 Å². The molecule has 68 valence electrons. The minimum atomic E-state index is 0.763. The van der Waals surface area contributed by atoms with Crippen molar-refractivity contribution in [2.45, 2.75) is 57.4 Å². The molecule has 1 atom stereocenters. The van der Waals surface area contributed by atoms with Crippen LogP contribution in [0.2, 0.25) is 0 Å². The van der Waals surface area contributed by atoms with Crippen LogP contribution in [0.4, 0.5) is 0 Å². The van der Waals surface area contributed by atoms with E-state index in [0.717, 1.165) is 18.5 Å². The topological polar surface area (TPSA) is 14.1 Å². The van der Waals surface area contributed by atoms with Gasteiger partial charge in [0.15, 0.2) is 12.6 Å². The molecule has 2 fully saturated rings. The zero-order chi connectivity index (χ0) is 8.23. The van der Waals surface area contributed by atoms with E-state index in [0.29, 0.717) is 0 Å². The van der Waals surface area contributed by atoms with Crippen molar-refractivity contribution in [3.63, 3.8) is 0 Å². The minimum Gasteiger partial charge on any atom is -0.0533 e. The first-order chi connectivity index (χ1) is 5.97. The van der Waals surface area contributed by atoms with Crippen LogP contribution in [0, 0.1) is 5.92 Å². The molecule has 2 rings (SSSR count). The van der Waals surface area contributed by atoms with Crippen LogP contribution in [-0.2, 0) is 0 Å². The lowest BCUT2D eigenvalue weighted by molar-refractivity contribution is 0.230. The summed E-state index contributed by atoms with van der Waals surface area (Å²) in [6, 6.07) is 0.763. The van der Waals surface area contributed by atoms with Gasteiger partial charge in [0.1, 0.15) is 0 Å². The van der Waals surface area contributed by atoms with Crippen molar-refractivity contribution in [1.29, 1.82) is 0 Å². The molecular weight excluding hydrogens is 146 g/mol. The molecular formula is C11H20N+. The van der Waals surface area contributed by atoms with E-state index in [-0.39, 0.29) is 0 Å². The van der Waals surface area contributed by atoms with E-state index < -0.39 is 0 Å². The van der Waals surface area contributed by atoms with Gasteiger partial charge >= 0.3 is 0 Å². The van der Waals surface area contributed by atoms with Crippen molar-refractivity contribution in [3.05, 3.63) is 0 Å². The molecule has 0 bridgehead atoms. The number of rotatable bonds is 1. The Labute approximate surface area is 75.9 Å². The molecule has 1 heteroatoms. The predicted molar refractivity (Wildman–Crippen MR) is 51.2 cm³/mol. The quantitative estimate of drug-likeness (QED) is 0.568. The van der Waals surface area contributed by atoms with Gasteiger partial charge in [-0.2, -0.15) is 0 Å². The third kappa shape index (κ3) is 2.01. The molecule has 12 heavy (non-hydrogen) atoms. The SMILES string of the molecule is C1CCC(C2CCCC[N+]2)CC1. The Hall–Kier alpha value is -0.0400. The molecule has 1 heterocycles. The summed E-state index contributed by atoms with van der Waals surface area (Å²) in [4.78, 5) is 0. The number of nitrogens with zero attached hydrogens (tertiary/aromatic N) is 1. The van der Waals surface area contributed by atoms with Crippen LogP contribution >= 0.6 is 0 Å². The Morgan fingerprint density at radius 1 is 0.750 bits per heavy atom. The van der Waals surface area contributed by atoms with Crippen LogP contribution in [0.5, 0.6) is 0 Å². The fourth-order valence-corrected chi connectivity index (χ4v) is 2.72. The zero-order valence-corrected chi connectivity index (χ0v) is 7.97. The predicted octanol–water partition coefficient (Wildman–Crippen LogP) is 2.72. The second kappa shape index (κ2) is 4.27. The molecule has 2 aliphatic rings. The summed E-state index contributed by atoms with van der Waals surface area (Å²) >= 11 is 0. The molecule has 1 nitrogen and oxygen atoms in total. The van der Waals surface area contributed by atoms with Gasteiger partial charge in [0.25, 0.3) is 0 Å². The first-order valence-electron chi connectivity index (χ1n) is 5.63. The molecule has 0 amide bonds. The third-order valence-corrected chi connectivity index (χ3v) is 3.47. The van der Waals surface area contributed by atoms with Gasteiger partial charge in [0.2, 0.25) is 0 Å². The van der Waals surface area contributed by atoms with Gasteiger partial charge in [0.05, 0.1) is 5.32 Å². The van der Waals surface area contributed by atoms with E-state index in [9.17, 15) is 0 Å². The van der Waals surface area contributed by atoms with Gasteiger partial charge in [-0.15, -0.1) is 0 Å². The molecule has 1 aliphatic carbocycles. The van der Waals surface area contributed by atoms with Crippen molar-refractivity contribution >= 4 is 0 Å². The number of hydrogen-bond donors (Lipinski definition) is 0. The highest BCUT2D eigenvalue weighted by Gasteiger charge is 2.34. The Kier molecular flexibility index (Phi) is 3.04. The molecule has 1 unspecified atom stereocenters. The van der Waals surface area contributed by atoms with E-state index in [2.05, 4.69) is 0 Å². The van der Waals surface area contributed by atoms with Gasteiger partial charge < -0.3 is 0 Å². The summed E-state index contributed by atoms with van der Waals surface area (Å²) in [6.07, 6.45) is 11.5. The molecule has 1 aliphatic heterocycles. The summed E-state index contributed by atoms with van der Waals surface area (Å²) in [7, 11) is 0. The fourth-order valence-electron chi connectivity index (χ4n) is 2.72. The average molecular weight is 166 g/mol. The van der Waals surface area contributed by atoms with Gasteiger partial charge in [-0.05, 0) is 19.3 Å². The highest BCUT2D eigenvalue weighted by atomic mass is 14.9. The first kappa shape index (κ1) is 8.55. The number of hydrogen-bond acceptors (Lipinski definition) is 0. The average Bonchev–Trinajstić information content (AvgIpc) is 2.21. The molecule has 1 saturated heterocycles. The lowest BCUT2D eigenvalue weighted by Crippen LogP contribution is -2.35. The van der Waals surface area contributed by atoms with Crippen molar-refractivity contribution in [3.8, 4) is 0 Å². The van der Waals surface area contributed by atoms with Crippen molar-refractivity contribution < 1.29 is 0 Å². The monoisotopic (exact) mass is 166 g/mol. The Morgan fingerprint density at radius 3 is 2.17 bits per heavy atom. The Bertz CT molecular complexity index is 105. The highest BCUT2D eigenvalue weighted by molar-refractivity contribution is 4.81. The normalized spacial score (nSPS) is 33.5. The molecule has 2 radical (unpaired) electrons. The van der Waals surface area contributed by atoms with Gasteiger partial charge in [-0.1, -0.05) is 19.3 Å². The van der Waals surface area contributed by atoms with E-state index in [4.69, 9.17) is 5.32 Å². The first-order valence-corrected chi connectivity index (χ1v) is 5.63. The molecule has 0 N–H and O–H groups in total. The summed E-state index contributed by atoms with van der Waals surface area (Å²) in [5.74, 6) is 0.971. The molecule has 0 aromatic rings. The third-order valence-electron chi connectivity index (χ3n) is 3.47. The van der Waals surface area contributed by atoms with Gasteiger partial charge in [-0.3, -0.25) is 0 Å². The van der Waals surface area contributed by atoms with Crippen LogP contribution in [0.25, 0.3) is 0 Å². The summed E-state index contributed by atoms with van der Waals surface area (Å²) in [5.41, 5.74) is 0. The maximum absolute atomic E-state index is 4.75. The van der Waals surface area contributed by atoms with Crippen LogP contribution in [0.3, 0.4) is 0 Å². The maximum Gasteiger partial charge on any atom is 0.196 e. The van der Waals surface area contributed by atoms with E-state index in [1.807, 2.05) is 0 Å². The van der Waals surface area contributed by atoms with Crippen LogP contribution in [0.15, 0.2) is 0 Å².